The molecule has 374 valence electrons. The van der Waals surface area contributed by atoms with Crippen LogP contribution in [0, 0.1) is 0 Å². The molecule has 0 aromatic rings. The molecule has 0 heterocycles. The Bertz CT molecular complexity index is 1080. The second-order valence-corrected chi connectivity index (χ2v) is 18.8. The summed E-state index contributed by atoms with van der Waals surface area (Å²) < 4.78 is 16.8. The van der Waals surface area contributed by atoms with Crippen LogP contribution >= 0.6 is 0 Å². The molecule has 1 atom stereocenters. The highest BCUT2D eigenvalue weighted by atomic mass is 16.6. The molecule has 64 heavy (non-hydrogen) atoms. The van der Waals surface area contributed by atoms with Gasteiger partial charge in [0.25, 0.3) is 0 Å². The summed E-state index contributed by atoms with van der Waals surface area (Å²) in [6.45, 7) is 6.63. The lowest BCUT2D eigenvalue weighted by molar-refractivity contribution is -0.167. The first kappa shape index (κ1) is 61.6. The van der Waals surface area contributed by atoms with E-state index >= 15 is 0 Å². The molecule has 0 bridgehead atoms. The number of esters is 3. The fraction of sp³-hybridized carbons (Fsp3) is 0.845. The number of rotatable bonds is 51. The average Bonchev–Trinajstić information content (AvgIpc) is 3.29. The Morgan fingerprint density at radius 3 is 0.891 bits per heavy atom. The number of hydrogen-bond acceptors (Lipinski definition) is 6. The van der Waals surface area contributed by atoms with E-state index in [1.165, 1.54) is 173 Å². The van der Waals surface area contributed by atoms with Crippen LogP contribution in [0.25, 0.3) is 0 Å². The highest BCUT2D eigenvalue weighted by Crippen LogP contribution is 2.16. The minimum absolute atomic E-state index is 0.0766. The predicted molar refractivity (Wildman–Crippen MR) is 275 cm³/mol. The van der Waals surface area contributed by atoms with Gasteiger partial charge in [-0.15, -0.1) is 0 Å². The molecule has 0 fully saturated rings. The van der Waals surface area contributed by atoms with E-state index < -0.39 is 6.10 Å². The van der Waals surface area contributed by atoms with Gasteiger partial charge >= 0.3 is 17.9 Å². The molecule has 0 aliphatic heterocycles. The monoisotopic (exact) mass is 899 g/mol. The van der Waals surface area contributed by atoms with Crippen molar-refractivity contribution in [2.75, 3.05) is 13.2 Å². The van der Waals surface area contributed by atoms with Crippen LogP contribution in [0.4, 0.5) is 0 Å². The molecule has 0 aromatic carbocycles. The third-order valence-electron chi connectivity index (χ3n) is 12.4. The van der Waals surface area contributed by atoms with E-state index in [1.54, 1.807) is 0 Å². The number of hydrogen-bond donors (Lipinski definition) is 0. The van der Waals surface area contributed by atoms with Crippen LogP contribution in [0.5, 0.6) is 0 Å². The number of carbonyl (C=O) groups is 3. The van der Waals surface area contributed by atoms with Crippen LogP contribution in [-0.2, 0) is 28.6 Å². The third-order valence-corrected chi connectivity index (χ3v) is 12.4. The molecular formula is C58H106O6. The van der Waals surface area contributed by atoms with Gasteiger partial charge in [-0.25, -0.2) is 0 Å². The highest BCUT2D eigenvalue weighted by molar-refractivity contribution is 5.71. The first-order valence-electron chi connectivity index (χ1n) is 28.0. The van der Waals surface area contributed by atoms with E-state index in [4.69, 9.17) is 14.2 Å². The van der Waals surface area contributed by atoms with Crippen LogP contribution in [0.2, 0.25) is 0 Å². The minimum atomic E-state index is -0.779. The van der Waals surface area contributed by atoms with Crippen LogP contribution in [-0.4, -0.2) is 37.2 Å². The van der Waals surface area contributed by atoms with Crippen LogP contribution in [0.15, 0.2) is 36.5 Å². The lowest BCUT2D eigenvalue weighted by atomic mass is 10.0. The molecule has 0 aliphatic carbocycles. The normalized spacial score (nSPS) is 12.2. The first-order valence-corrected chi connectivity index (χ1v) is 28.0. The fourth-order valence-electron chi connectivity index (χ4n) is 8.12. The summed E-state index contributed by atoms with van der Waals surface area (Å²) in [6, 6.07) is 0. The van der Waals surface area contributed by atoms with Crippen LogP contribution < -0.4 is 0 Å². The summed E-state index contributed by atoms with van der Waals surface area (Å²) in [4.78, 5) is 38.1. The molecular weight excluding hydrogens is 793 g/mol. The van der Waals surface area contributed by atoms with Gasteiger partial charge in [0.15, 0.2) is 6.10 Å². The maximum Gasteiger partial charge on any atom is 0.306 e. The van der Waals surface area contributed by atoms with Crippen molar-refractivity contribution in [1.29, 1.82) is 0 Å². The third kappa shape index (κ3) is 50.6. The van der Waals surface area contributed by atoms with E-state index in [0.29, 0.717) is 19.3 Å². The zero-order valence-corrected chi connectivity index (χ0v) is 42.8. The molecule has 1 unspecified atom stereocenters. The summed E-state index contributed by atoms with van der Waals surface area (Å²) >= 11 is 0. The molecule has 0 saturated carbocycles. The SMILES string of the molecule is CCCCCC/C=C\C/C=C\CCCCCCCC(=O)OCC(COC(=O)CCCCCCCCCCCCCCCCC)OC(=O)CCCCCCC/C=C\CCCCCCCC. The smallest absolute Gasteiger partial charge is 0.306 e. The van der Waals surface area contributed by atoms with Gasteiger partial charge < -0.3 is 14.2 Å². The second kappa shape index (κ2) is 53.2. The molecule has 0 aliphatic rings. The van der Waals surface area contributed by atoms with Crippen LogP contribution in [0.3, 0.4) is 0 Å². The Labute approximate surface area is 397 Å². The maximum absolute atomic E-state index is 12.8. The zero-order valence-electron chi connectivity index (χ0n) is 42.8. The molecule has 0 amide bonds. The van der Waals surface area contributed by atoms with E-state index in [9.17, 15) is 14.4 Å². The quantitative estimate of drug-likeness (QED) is 0.0262. The van der Waals surface area contributed by atoms with Crippen molar-refractivity contribution in [1.82, 2.24) is 0 Å². The van der Waals surface area contributed by atoms with Gasteiger partial charge in [0.2, 0.25) is 0 Å². The number of unbranched alkanes of at least 4 members (excludes halogenated alkanes) is 34. The molecule has 0 N–H and O–H groups in total. The van der Waals surface area contributed by atoms with Gasteiger partial charge in [0.1, 0.15) is 13.2 Å². The van der Waals surface area contributed by atoms with Crippen molar-refractivity contribution in [3.05, 3.63) is 36.5 Å². The molecule has 0 rings (SSSR count). The van der Waals surface area contributed by atoms with Gasteiger partial charge in [-0.2, -0.15) is 0 Å². The molecule has 6 heteroatoms. The highest BCUT2D eigenvalue weighted by Gasteiger charge is 2.19. The van der Waals surface area contributed by atoms with E-state index in [-0.39, 0.29) is 31.1 Å². The fourth-order valence-corrected chi connectivity index (χ4v) is 8.12. The van der Waals surface area contributed by atoms with Crippen molar-refractivity contribution >= 4 is 17.9 Å². The largest absolute Gasteiger partial charge is 0.462 e. The van der Waals surface area contributed by atoms with E-state index in [1.807, 2.05) is 0 Å². The number of allylic oxidation sites excluding steroid dienone is 6. The molecule has 0 saturated heterocycles. The predicted octanol–water partition coefficient (Wildman–Crippen LogP) is 18.5. The van der Waals surface area contributed by atoms with Crippen molar-refractivity contribution in [3.8, 4) is 0 Å². The van der Waals surface area contributed by atoms with Crippen molar-refractivity contribution < 1.29 is 28.6 Å². The summed E-state index contributed by atoms with van der Waals surface area (Å²) in [5.41, 5.74) is 0. The Morgan fingerprint density at radius 1 is 0.312 bits per heavy atom. The first-order chi connectivity index (χ1) is 31.5. The maximum atomic E-state index is 12.8. The minimum Gasteiger partial charge on any atom is -0.462 e. The van der Waals surface area contributed by atoms with Crippen LogP contribution in [0.1, 0.15) is 297 Å². The molecule has 6 nitrogen and oxygen atoms in total. The van der Waals surface area contributed by atoms with Gasteiger partial charge in [-0.3, -0.25) is 14.4 Å². The molecule has 0 spiro atoms. The Hall–Kier alpha value is -2.37. The summed E-state index contributed by atoms with van der Waals surface area (Å²) in [6.07, 6.45) is 62.7. The Kier molecular flexibility index (Phi) is 51.3. The molecule has 0 radical (unpaired) electrons. The van der Waals surface area contributed by atoms with Crippen molar-refractivity contribution in [2.24, 2.45) is 0 Å². The van der Waals surface area contributed by atoms with Crippen molar-refractivity contribution in [2.45, 2.75) is 303 Å². The Balaban J connectivity index is 4.38. The lowest BCUT2D eigenvalue weighted by Crippen LogP contribution is -2.30. The lowest BCUT2D eigenvalue weighted by Gasteiger charge is -2.18. The van der Waals surface area contributed by atoms with E-state index in [2.05, 4.69) is 57.2 Å². The van der Waals surface area contributed by atoms with Gasteiger partial charge in [0, 0.05) is 19.3 Å². The Morgan fingerprint density at radius 2 is 0.562 bits per heavy atom. The summed E-state index contributed by atoms with van der Waals surface area (Å²) in [7, 11) is 0. The second-order valence-electron chi connectivity index (χ2n) is 18.8. The number of ether oxygens (including phenoxy) is 3. The standard InChI is InChI=1S/C58H106O6/c1-4-7-10-13-16-19-22-25-28-31-33-36-39-42-45-48-51-57(60)63-54-55(64-58(61)52-49-46-43-40-37-34-30-27-24-21-18-15-12-9-6-3)53-62-56(59)50-47-44-41-38-35-32-29-26-23-20-17-14-11-8-5-2/h19,22,27-28,30-31,55H,4-18,20-21,23-26,29,32-54H2,1-3H3/b22-19-,30-27-,31-28-. The molecule has 0 aromatic heterocycles. The van der Waals surface area contributed by atoms with Gasteiger partial charge in [-0.1, -0.05) is 237 Å². The van der Waals surface area contributed by atoms with Crippen molar-refractivity contribution in [3.63, 3.8) is 0 Å². The van der Waals surface area contributed by atoms with Gasteiger partial charge in [-0.05, 0) is 77.0 Å². The average molecular weight is 899 g/mol. The number of carbonyl (C=O) groups excluding carboxylic acids is 3. The zero-order chi connectivity index (χ0) is 46.5. The summed E-state index contributed by atoms with van der Waals surface area (Å²) in [5.74, 6) is -0.884. The van der Waals surface area contributed by atoms with Gasteiger partial charge in [0.05, 0.1) is 0 Å². The van der Waals surface area contributed by atoms with E-state index in [0.717, 1.165) is 83.5 Å². The topological polar surface area (TPSA) is 78.9 Å². The summed E-state index contributed by atoms with van der Waals surface area (Å²) in [5, 5.41) is 0.